The smallest absolute Gasteiger partial charge is 0.307 e. The Morgan fingerprint density at radius 3 is 2.54 bits per heavy atom. The second-order valence-electron chi connectivity index (χ2n) is 9.45. The number of nitrogens with zero attached hydrogens (tertiary/aromatic N) is 1. The van der Waals surface area contributed by atoms with E-state index in [-0.39, 0.29) is 23.2 Å². The van der Waals surface area contributed by atoms with E-state index < -0.39 is 17.8 Å². The summed E-state index contributed by atoms with van der Waals surface area (Å²) < 4.78 is 0. The number of hydrogen-bond acceptors (Lipinski definition) is 4. The molecule has 0 radical (unpaired) electrons. The van der Waals surface area contributed by atoms with Gasteiger partial charge in [-0.25, -0.2) is 0 Å². The van der Waals surface area contributed by atoms with Gasteiger partial charge in [0.2, 0.25) is 5.91 Å². The summed E-state index contributed by atoms with van der Waals surface area (Å²) in [5, 5.41) is 22.9. The molecule has 4 rings (SSSR count). The Morgan fingerprint density at radius 2 is 1.93 bits per heavy atom. The number of rotatable bonds is 3. The van der Waals surface area contributed by atoms with Crippen molar-refractivity contribution in [3.05, 3.63) is 28.2 Å². The number of carboxylic acid groups (broad SMARTS) is 1. The van der Waals surface area contributed by atoms with Crippen LogP contribution in [-0.2, 0) is 22.4 Å². The summed E-state index contributed by atoms with van der Waals surface area (Å²) >= 11 is 1.50. The van der Waals surface area contributed by atoms with E-state index in [0.29, 0.717) is 16.5 Å². The number of nitrogens with one attached hydrogen (secondary N) is 1. The Bertz CT molecular complexity index is 902. The highest BCUT2D eigenvalue weighted by atomic mass is 32.1. The maximum atomic E-state index is 13.0. The van der Waals surface area contributed by atoms with E-state index in [4.69, 9.17) is 0 Å². The van der Waals surface area contributed by atoms with E-state index in [1.54, 1.807) is 0 Å². The van der Waals surface area contributed by atoms with Crippen molar-refractivity contribution in [2.24, 2.45) is 35.0 Å². The number of hydrogen-bond donors (Lipinski definition) is 2. The van der Waals surface area contributed by atoms with Gasteiger partial charge in [0.15, 0.2) is 0 Å². The van der Waals surface area contributed by atoms with Crippen LogP contribution in [0, 0.1) is 46.3 Å². The third-order valence-corrected chi connectivity index (χ3v) is 8.06. The van der Waals surface area contributed by atoms with E-state index in [0.717, 1.165) is 31.2 Å². The predicted octanol–water partition coefficient (Wildman–Crippen LogP) is 4.23. The molecule has 5 atom stereocenters. The molecule has 3 aliphatic rings. The van der Waals surface area contributed by atoms with Gasteiger partial charge in [0.25, 0.3) is 0 Å². The quantitative estimate of drug-likeness (QED) is 0.746. The summed E-state index contributed by atoms with van der Waals surface area (Å²) in [4.78, 5) is 25.9. The fourth-order valence-corrected chi connectivity index (χ4v) is 6.52. The third kappa shape index (κ3) is 3.06. The van der Waals surface area contributed by atoms with Crippen molar-refractivity contribution >= 4 is 28.2 Å². The fraction of sp³-hybridized carbons (Fsp3) is 0.591. The van der Waals surface area contributed by atoms with Crippen LogP contribution in [0.2, 0.25) is 0 Å². The average Bonchev–Trinajstić information content (AvgIpc) is 3.31. The Kier molecular flexibility index (Phi) is 4.62. The summed E-state index contributed by atoms with van der Waals surface area (Å²) in [6.07, 6.45) is 7.49. The number of allylic oxidation sites excluding steroid dienone is 2. The number of carbonyl (C=O) groups is 2. The molecule has 5 nitrogen and oxygen atoms in total. The number of amides is 1. The molecule has 3 aliphatic carbocycles. The number of fused-ring (bicyclic) bond motifs is 3. The number of carboxylic acids is 1. The van der Waals surface area contributed by atoms with Crippen molar-refractivity contribution < 1.29 is 14.7 Å². The zero-order chi connectivity index (χ0) is 20.2. The predicted molar refractivity (Wildman–Crippen MR) is 108 cm³/mol. The Balaban J connectivity index is 1.59. The highest BCUT2D eigenvalue weighted by molar-refractivity contribution is 7.16. The van der Waals surface area contributed by atoms with Crippen LogP contribution in [0.4, 0.5) is 5.00 Å². The molecule has 6 heteroatoms. The minimum atomic E-state index is -0.906. The van der Waals surface area contributed by atoms with Gasteiger partial charge in [0.05, 0.1) is 17.4 Å². The van der Waals surface area contributed by atoms with Crippen LogP contribution in [0.25, 0.3) is 0 Å². The Hall–Kier alpha value is -2.13. The molecule has 148 valence electrons. The SMILES string of the molecule is CC(C)(C)[C@H]1CCc2c(sc(NC(=O)[C@@H]3[C@@H](C(=O)O)[C@H]4C=C[C@@H]3C4)c2C#N)C1. The van der Waals surface area contributed by atoms with Crippen molar-refractivity contribution in [3.63, 3.8) is 0 Å². The van der Waals surface area contributed by atoms with Crippen LogP contribution >= 0.6 is 11.3 Å². The lowest BCUT2D eigenvalue weighted by Crippen LogP contribution is -2.36. The van der Waals surface area contributed by atoms with Crippen LogP contribution in [-0.4, -0.2) is 17.0 Å². The van der Waals surface area contributed by atoms with E-state index in [9.17, 15) is 20.0 Å². The Morgan fingerprint density at radius 1 is 1.25 bits per heavy atom. The van der Waals surface area contributed by atoms with Crippen LogP contribution < -0.4 is 5.32 Å². The molecule has 1 saturated carbocycles. The molecule has 1 fully saturated rings. The Labute approximate surface area is 169 Å². The van der Waals surface area contributed by atoms with Gasteiger partial charge in [-0.15, -0.1) is 11.3 Å². The molecule has 1 aromatic rings. The maximum Gasteiger partial charge on any atom is 0.307 e. The van der Waals surface area contributed by atoms with Gasteiger partial charge in [-0.1, -0.05) is 32.9 Å². The van der Waals surface area contributed by atoms with E-state index in [1.165, 1.54) is 16.2 Å². The number of carbonyl (C=O) groups excluding carboxylic acids is 1. The lowest BCUT2D eigenvalue weighted by atomic mass is 9.72. The van der Waals surface area contributed by atoms with Crippen LogP contribution in [0.5, 0.6) is 0 Å². The first-order valence-electron chi connectivity index (χ1n) is 9.97. The van der Waals surface area contributed by atoms with E-state index >= 15 is 0 Å². The van der Waals surface area contributed by atoms with Crippen molar-refractivity contribution in [1.29, 1.82) is 5.26 Å². The van der Waals surface area contributed by atoms with Gasteiger partial charge in [-0.3, -0.25) is 9.59 Å². The molecule has 28 heavy (non-hydrogen) atoms. The molecular weight excluding hydrogens is 372 g/mol. The summed E-state index contributed by atoms with van der Waals surface area (Å²) in [5.41, 5.74) is 1.86. The molecule has 0 spiro atoms. The fourth-order valence-electron chi connectivity index (χ4n) is 5.24. The number of aliphatic carboxylic acids is 1. The summed E-state index contributed by atoms with van der Waals surface area (Å²) in [6.45, 7) is 6.75. The van der Waals surface area contributed by atoms with Gasteiger partial charge in [0, 0.05) is 4.88 Å². The number of anilines is 1. The molecule has 0 aliphatic heterocycles. The van der Waals surface area contributed by atoms with E-state index in [1.807, 2.05) is 12.2 Å². The second kappa shape index (κ2) is 6.73. The molecule has 2 N–H and O–H groups in total. The first kappa shape index (κ1) is 19.2. The van der Waals surface area contributed by atoms with E-state index in [2.05, 4.69) is 32.2 Å². The topological polar surface area (TPSA) is 90.2 Å². The van der Waals surface area contributed by atoms with Crippen molar-refractivity contribution in [2.45, 2.75) is 46.5 Å². The monoisotopic (exact) mass is 398 g/mol. The molecule has 0 aromatic carbocycles. The highest BCUT2D eigenvalue weighted by Gasteiger charge is 2.51. The zero-order valence-electron chi connectivity index (χ0n) is 16.5. The minimum Gasteiger partial charge on any atom is -0.481 e. The zero-order valence-corrected chi connectivity index (χ0v) is 17.3. The lowest BCUT2D eigenvalue weighted by molar-refractivity contribution is -0.146. The van der Waals surface area contributed by atoms with Gasteiger partial charge in [-0.2, -0.15) is 5.26 Å². The molecule has 1 heterocycles. The van der Waals surface area contributed by atoms with Crippen molar-refractivity contribution in [2.75, 3.05) is 5.32 Å². The molecule has 0 unspecified atom stereocenters. The third-order valence-electron chi connectivity index (χ3n) is 6.89. The average molecular weight is 399 g/mol. The van der Waals surface area contributed by atoms with Crippen LogP contribution in [0.3, 0.4) is 0 Å². The molecule has 1 amide bonds. The largest absolute Gasteiger partial charge is 0.481 e. The number of thiophene rings is 1. The van der Waals surface area contributed by atoms with Crippen molar-refractivity contribution in [1.82, 2.24) is 0 Å². The molecule has 2 bridgehead atoms. The summed E-state index contributed by atoms with van der Waals surface area (Å²) in [5.74, 6) is -1.90. The first-order valence-corrected chi connectivity index (χ1v) is 10.8. The standard InChI is InChI=1S/C22H26N2O3S/c1-22(2,3)13-6-7-14-15(10-23)20(28-16(14)9-13)24-19(25)17-11-4-5-12(8-11)18(17)21(26)27/h4-5,11-13,17-18H,6-9H2,1-3H3,(H,24,25)(H,26,27)/t11-,12+,13+,17+,18+/m1/s1. The van der Waals surface area contributed by atoms with Crippen LogP contribution in [0.15, 0.2) is 12.2 Å². The normalized spacial score (nSPS) is 30.7. The lowest BCUT2D eigenvalue weighted by Gasteiger charge is -2.33. The maximum absolute atomic E-state index is 13.0. The van der Waals surface area contributed by atoms with Gasteiger partial charge < -0.3 is 10.4 Å². The number of nitriles is 1. The first-order chi connectivity index (χ1) is 13.2. The van der Waals surface area contributed by atoms with Gasteiger partial charge >= 0.3 is 5.97 Å². The van der Waals surface area contributed by atoms with Gasteiger partial charge in [-0.05, 0) is 54.4 Å². The van der Waals surface area contributed by atoms with Gasteiger partial charge in [0.1, 0.15) is 11.1 Å². The summed E-state index contributed by atoms with van der Waals surface area (Å²) in [6, 6.07) is 2.29. The van der Waals surface area contributed by atoms with Crippen LogP contribution in [0.1, 0.15) is 49.6 Å². The summed E-state index contributed by atoms with van der Waals surface area (Å²) in [7, 11) is 0. The molecular formula is C22H26N2O3S. The molecule has 0 saturated heterocycles. The highest BCUT2D eigenvalue weighted by Crippen LogP contribution is 2.49. The molecule has 1 aromatic heterocycles. The van der Waals surface area contributed by atoms with Crippen molar-refractivity contribution in [3.8, 4) is 6.07 Å². The minimum absolute atomic E-state index is 0.0171. The second-order valence-corrected chi connectivity index (χ2v) is 10.6.